The van der Waals surface area contributed by atoms with E-state index in [1.165, 1.54) is 3.96 Å². The lowest BCUT2D eigenvalue weighted by Crippen LogP contribution is -2.22. The van der Waals surface area contributed by atoms with Crippen molar-refractivity contribution >= 4 is 40.4 Å². The number of para-hydroxylation sites is 2. The highest BCUT2D eigenvalue weighted by Crippen LogP contribution is 2.27. The third-order valence-electron chi connectivity index (χ3n) is 5.48. The lowest BCUT2D eigenvalue weighted by atomic mass is 9.92. The summed E-state index contributed by atoms with van der Waals surface area (Å²) in [6.07, 6.45) is 0. The van der Waals surface area contributed by atoms with Gasteiger partial charge in [-0.15, -0.1) is 0 Å². The van der Waals surface area contributed by atoms with Crippen molar-refractivity contribution in [1.29, 1.82) is 0 Å². The fourth-order valence-electron chi connectivity index (χ4n) is 3.63. The van der Waals surface area contributed by atoms with E-state index in [0.717, 1.165) is 39.5 Å². The van der Waals surface area contributed by atoms with E-state index >= 15 is 0 Å². The van der Waals surface area contributed by atoms with Crippen LogP contribution < -0.4 is 21.2 Å². The summed E-state index contributed by atoms with van der Waals surface area (Å²) in [6, 6.07) is 16.3. The number of fused-ring (bicyclic) bond motifs is 1. The summed E-state index contributed by atoms with van der Waals surface area (Å²) in [5, 5.41) is 10.3. The molecule has 0 atom stereocenters. The van der Waals surface area contributed by atoms with Crippen LogP contribution in [-0.4, -0.2) is 34.7 Å². The van der Waals surface area contributed by atoms with Gasteiger partial charge in [0.15, 0.2) is 0 Å². The molecule has 0 radical (unpaired) electrons. The maximum atomic E-state index is 12.8. The number of anilines is 2. The Bertz CT molecular complexity index is 1630. The number of carbonyl (C=O) groups excluding carboxylic acids is 1. The number of amides is 2. The number of hydrogen-bond acceptors (Lipinski definition) is 6. The first-order valence-corrected chi connectivity index (χ1v) is 12.0. The molecule has 2 amide bonds. The summed E-state index contributed by atoms with van der Waals surface area (Å²) in [6.45, 7) is 6.41. The van der Waals surface area contributed by atoms with Crippen LogP contribution in [0.15, 0.2) is 64.2 Å². The fourth-order valence-corrected chi connectivity index (χ4v) is 4.30. The summed E-state index contributed by atoms with van der Waals surface area (Å²) in [7, 11) is 0. The number of nitrogens with zero attached hydrogens (tertiary/aromatic N) is 4. The Labute approximate surface area is 209 Å². The van der Waals surface area contributed by atoms with E-state index in [4.69, 9.17) is 5.10 Å². The van der Waals surface area contributed by atoms with Gasteiger partial charge < -0.3 is 4.98 Å². The third-order valence-corrected chi connectivity index (χ3v) is 6.26. The van der Waals surface area contributed by atoms with Gasteiger partial charge in [-0.1, -0.05) is 45.0 Å². The standard InChI is InChI=1S/C24H24N8O3S/c1-24(2,3)18-12-19(27-21(33)28-20-25-16-6-4-5-7-17(16)26-20)32(30-18)15-10-8-14(9-11-15)13-31-22(34)29-23(35)36-31/h4-12H,13H2,1-3H3,(H,29,34,35)(H3,25,26,27,28,33). The minimum absolute atomic E-state index is 0.246. The molecule has 0 aliphatic rings. The Morgan fingerprint density at radius 3 is 2.44 bits per heavy atom. The van der Waals surface area contributed by atoms with E-state index in [0.29, 0.717) is 11.8 Å². The molecule has 184 valence electrons. The molecular formula is C24H24N8O3S. The van der Waals surface area contributed by atoms with Gasteiger partial charge in [0.05, 0.1) is 29.0 Å². The molecule has 3 heterocycles. The van der Waals surface area contributed by atoms with Crippen molar-refractivity contribution in [2.75, 3.05) is 10.6 Å². The number of nitrogens with one attached hydrogen (secondary N) is 4. The van der Waals surface area contributed by atoms with Gasteiger partial charge in [0.2, 0.25) is 5.95 Å². The predicted molar refractivity (Wildman–Crippen MR) is 139 cm³/mol. The van der Waals surface area contributed by atoms with Gasteiger partial charge in [0.25, 0.3) is 0 Å². The van der Waals surface area contributed by atoms with Gasteiger partial charge >= 0.3 is 16.6 Å². The molecule has 0 fully saturated rings. The summed E-state index contributed by atoms with van der Waals surface area (Å²) < 4.78 is 3.02. The summed E-state index contributed by atoms with van der Waals surface area (Å²) >= 11 is 0.840. The molecule has 4 N–H and O–H groups in total. The van der Waals surface area contributed by atoms with E-state index in [1.807, 2.05) is 75.4 Å². The Morgan fingerprint density at radius 2 is 1.78 bits per heavy atom. The molecule has 0 bridgehead atoms. The van der Waals surface area contributed by atoms with Crippen LogP contribution in [0.5, 0.6) is 0 Å². The first kappa shape index (κ1) is 23.3. The zero-order chi connectivity index (χ0) is 25.4. The number of imidazole rings is 1. The van der Waals surface area contributed by atoms with E-state index in [1.54, 1.807) is 4.68 Å². The van der Waals surface area contributed by atoms with Crippen LogP contribution in [0, 0.1) is 0 Å². The van der Waals surface area contributed by atoms with Gasteiger partial charge in [-0.05, 0) is 29.8 Å². The van der Waals surface area contributed by atoms with Crippen molar-refractivity contribution in [2.45, 2.75) is 32.7 Å². The minimum atomic E-state index is -0.464. The molecule has 0 unspecified atom stereocenters. The number of hydrogen-bond donors (Lipinski definition) is 4. The Kier molecular flexibility index (Phi) is 5.80. The van der Waals surface area contributed by atoms with Crippen LogP contribution >= 0.6 is 11.5 Å². The highest BCUT2D eigenvalue weighted by atomic mass is 32.1. The van der Waals surface area contributed by atoms with Gasteiger partial charge in [-0.3, -0.25) is 20.4 Å². The Hall–Kier alpha value is -4.45. The van der Waals surface area contributed by atoms with Crippen molar-refractivity contribution in [3.8, 4) is 5.69 Å². The number of aromatic amines is 2. The normalized spacial score (nSPS) is 11.6. The topological polar surface area (TPSA) is 142 Å². The highest BCUT2D eigenvalue weighted by molar-refractivity contribution is 7.03. The number of benzene rings is 2. The maximum absolute atomic E-state index is 12.8. The lowest BCUT2D eigenvalue weighted by Gasteiger charge is -2.14. The van der Waals surface area contributed by atoms with Crippen LogP contribution in [0.25, 0.3) is 16.7 Å². The quantitative estimate of drug-likeness (QED) is 0.289. The molecule has 0 aliphatic carbocycles. The van der Waals surface area contributed by atoms with Crippen molar-refractivity contribution in [2.24, 2.45) is 0 Å². The predicted octanol–water partition coefficient (Wildman–Crippen LogP) is 3.65. The first-order valence-electron chi connectivity index (χ1n) is 11.2. The molecule has 36 heavy (non-hydrogen) atoms. The molecule has 2 aromatic carbocycles. The maximum Gasteiger partial charge on any atom is 0.338 e. The second-order valence-corrected chi connectivity index (χ2v) is 10.3. The molecule has 5 aromatic rings. The molecule has 12 heteroatoms. The van der Waals surface area contributed by atoms with E-state index in [2.05, 4.69) is 25.6 Å². The van der Waals surface area contributed by atoms with Crippen LogP contribution in [0.3, 0.4) is 0 Å². The summed E-state index contributed by atoms with van der Waals surface area (Å²) in [5.74, 6) is 0.823. The number of rotatable bonds is 5. The number of urea groups is 1. The van der Waals surface area contributed by atoms with E-state index in [-0.39, 0.29) is 16.8 Å². The molecule has 0 spiro atoms. The van der Waals surface area contributed by atoms with Crippen LogP contribution in [0.2, 0.25) is 0 Å². The highest BCUT2D eigenvalue weighted by Gasteiger charge is 2.22. The fraction of sp³-hybridized carbons (Fsp3) is 0.208. The zero-order valence-electron chi connectivity index (χ0n) is 19.8. The number of H-pyrrole nitrogens is 2. The zero-order valence-corrected chi connectivity index (χ0v) is 20.6. The van der Waals surface area contributed by atoms with Crippen molar-refractivity contribution < 1.29 is 4.79 Å². The molecule has 3 aromatic heterocycles. The molecule has 0 aliphatic heterocycles. The van der Waals surface area contributed by atoms with Gasteiger partial charge in [0.1, 0.15) is 5.82 Å². The molecule has 0 saturated heterocycles. The van der Waals surface area contributed by atoms with Crippen LogP contribution in [0.4, 0.5) is 16.6 Å². The molecule has 11 nitrogen and oxygen atoms in total. The molecular weight excluding hydrogens is 480 g/mol. The monoisotopic (exact) mass is 504 g/mol. The Morgan fingerprint density at radius 1 is 1.03 bits per heavy atom. The van der Waals surface area contributed by atoms with Crippen molar-refractivity contribution in [3.63, 3.8) is 0 Å². The number of aromatic nitrogens is 6. The SMILES string of the molecule is CC(C)(C)c1cc(NC(=O)Nc2nc3ccccc3[nH]2)n(-c2ccc(Cn3sc(=O)[nH]c3=O)cc2)n1. The second-order valence-electron chi connectivity index (χ2n) is 9.27. The average molecular weight is 505 g/mol. The smallest absolute Gasteiger partial charge is 0.324 e. The van der Waals surface area contributed by atoms with Crippen molar-refractivity contribution in [3.05, 3.63) is 86.0 Å². The Balaban J connectivity index is 1.39. The summed E-state index contributed by atoms with van der Waals surface area (Å²) in [4.78, 5) is 45.3. The van der Waals surface area contributed by atoms with Crippen molar-refractivity contribution in [1.82, 2.24) is 28.7 Å². The molecule has 5 rings (SSSR count). The lowest BCUT2D eigenvalue weighted by molar-refractivity contribution is 0.262. The van der Waals surface area contributed by atoms with Gasteiger partial charge in [0, 0.05) is 23.0 Å². The first-order chi connectivity index (χ1) is 17.2. The van der Waals surface area contributed by atoms with Crippen LogP contribution in [0.1, 0.15) is 32.0 Å². The summed E-state index contributed by atoms with van der Waals surface area (Å²) in [5.41, 5.74) is 3.26. The largest absolute Gasteiger partial charge is 0.338 e. The third kappa shape index (κ3) is 4.84. The second kappa shape index (κ2) is 8.96. The average Bonchev–Trinajstić information content (AvgIpc) is 3.50. The number of carbonyl (C=O) groups is 1. The van der Waals surface area contributed by atoms with E-state index < -0.39 is 11.7 Å². The van der Waals surface area contributed by atoms with Crippen LogP contribution in [-0.2, 0) is 12.0 Å². The minimum Gasteiger partial charge on any atom is -0.324 e. The molecule has 0 saturated carbocycles. The van der Waals surface area contributed by atoms with Gasteiger partial charge in [-0.25, -0.2) is 23.2 Å². The van der Waals surface area contributed by atoms with E-state index in [9.17, 15) is 14.4 Å². The van der Waals surface area contributed by atoms with Gasteiger partial charge in [-0.2, -0.15) is 5.10 Å².